The molecule has 2 unspecified atom stereocenters. The molecule has 0 spiro atoms. The summed E-state index contributed by atoms with van der Waals surface area (Å²) in [5.74, 6) is 1.66. The molecule has 0 amide bonds. The van der Waals surface area contributed by atoms with E-state index in [1.807, 2.05) is 18.3 Å². The molecular weight excluding hydrogens is 232 g/mol. The van der Waals surface area contributed by atoms with Crippen LogP contribution in [0.25, 0.3) is 0 Å². The van der Waals surface area contributed by atoms with Crippen molar-refractivity contribution in [3.05, 3.63) is 23.5 Å². The fourth-order valence-corrected chi connectivity index (χ4v) is 2.77. The van der Waals surface area contributed by atoms with Gasteiger partial charge in [0.25, 0.3) is 0 Å². The maximum Gasteiger partial charge on any atom is 0.129 e. The highest BCUT2D eigenvalue weighted by molar-refractivity contribution is 6.29. The van der Waals surface area contributed by atoms with Gasteiger partial charge in [-0.05, 0) is 36.8 Å². The van der Waals surface area contributed by atoms with Gasteiger partial charge in [-0.1, -0.05) is 38.3 Å². The van der Waals surface area contributed by atoms with Crippen LogP contribution in [0.3, 0.4) is 0 Å². The molecule has 0 radical (unpaired) electrons. The Bertz CT molecular complexity index is 348. The third-order valence-electron chi connectivity index (χ3n) is 3.76. The average Bonchev–Trinajstić information content (AvgIpc) is 2.32. The zero-order chi connectivity index (χ0) is 12.3. The summed E-state index contributed by atoms with van der Waals surface area (Å²) >= 11 is 5.78. The first-order valence-corrected chi connectivity index (χ1v) is 6.91. The zero-order valence-corrected chi connectivity index (χ0v) is 11.4. The van der Waals surface area contributed by atoms with Crippen molar-refractivity contribution in [3.8, 4) is 0 Å². The third kappa shape index (κ3) is 3.60. The van der Waals surface area contributed by atoms with Gasteiger partial charge in [-0.15, -0.1) is 0 Å². The van der Waals surface area contributed by atoms with Crippen LogP contribution in [0.5, 0.6) is 0 Å². The Balaban J connectivity index is 1.92. The molecule has 0 aromatic carbocycles. The Morgan fingerprint density at radius 3 is 2.82 bits per heavy atom. The summed E-state index contributed by atoms with van der Waals surface area (Å²) in [6.07, 6.45) is 7.09. The normalized spacial score (nSPS) is 24.9. The van der Waals surface area contributed by atoms with Gasteiger partial charge in [0.2, 0.25) is 0 Å². The minimum Gasteiger partial charge on any atom is -0.381 e. The van der Waals surface area contributed by atoms with Gasteiger partial charge in [-0.2, -0.15) is 0 Å². The number of nitrogens with zero attached hydrogens (tertiary/aromatic N) is 1. The quantitative estimate of drug-likeness (QED) is 0.809. The van der Waals surface area contributed by atoms with Crippen molar-refractivity contribution in [1.82, 2.24) is 4.98 Å². The van der Waals surface area contributed by atoms with Crippen molar-refractivity contribution >= 4 is 17.3 Å². The predicted octanol–water partition coefficient (Wildman–Crippen LogP) is 4.36. The number of nitrogens with one attached hydrogen (secondary N) is 1. The maximum atomic E-state index is 5.78. The Labute approximate surface area is 109 Å². The van der Waals surface area contributed by atoms with Gasteiger partial charge in [0, 0.05) is 6.04 Å². The van der Waals surface area contributed by atoms with Crippen LogP contribution < -0.4 is 5.32 Å². The second kappa shape index (κ2) is 5.72. The molecule has 0 aliphatic heterocycles. The summed E-state index contributed by atoms with van der Waals surface area (Å²) in [6, 6.07) is 4.44. The highest BCUT2D eigenvalue weighted by Crippen LogP contribution is 2.31. The van der Waals surface area contributed by atoms with Crippen LogP contribution in [0, 0.1) is 11.8 Å². The average molecular weight is 253 g/mol. The van der Waals surface area contributed by atoms with E-state index in [4.69, 9.17) is 11.6 Å². The lowest BCUT2D eigenvalue weighted by atomic mass is 9.79. The highest BCUT2D eigenvalue weighted by atomic mass is 35.5. The van der Waals surface area contributed by atoms with E-state index < -0.39 is 0 Å². The fourth-order valence-electron chi connectivity index (χ4n) is 2.66. The summed E-state index contributed by atoms with van der Waals surface area (Å²) in [5.41, 5.74) is 1.09. The van der Waals surface area contributed by atoms with Gasteiger partial charge >= 0.3 is 0 Å². The first-order valence-electron chi connectivity index (χ1n) is 6.53. The molecule has 2 atom stereocenters. The van der Waals surface area contributed by atoms with Gasteiger partial charge in [0.15, 0.2) is 0 Å². The Morgan fingerprint density at radius 2 is 2.18 bits per heavy atom. The van der Waals surface area contributed by atoms with Crippen molar-refractivity contribution in [2.24, 2.45) is 11.8 Å². The van der Waals surface area contributed by atoms with Crippen LogP contribution in [0.15, 0.2) is 18.3 Å². The van der Waals surface area contributed by atoms with Gasteiger partial charge in [-0.3, -0.25) is 0 Å². The van der Waals surface area contributed by atoms with Crippen molar-refractivity contribution in [2.75, 3.05) is 5.32 Å². The van der Waals surface area contributed by atoms with E-state index in [1.54, 1.807) is 0 Å². The zero-order valence-electron chi connectivity index (χ0n) is 10.6. The van der Waals surface area contributed by atoms with Gasteiger partial charge < -0.3 is 5.32 Å². The molecule has 1 aromatic heterocycles. The summed E-state index contributed by atoms with van der Waals surface area (Å²) < 4.78 is 0. The van der Waals surface area contributed by atoms with Crippen LogP contribution in [0.2, 0.25) is 5.15 Å². The molecule has 2 nitrogen and oxygen atoms in total. The fraction of sp³-hybridized carbons (Fsp3) is 0.643. The lowest BCUT2D eigenvalue weighted by Gasteiger charge is -2.32. The highest BCUT2D eigenvalue weighted by Gasteiger charge is 2.23. The predicted molar refractivity (Wildman–Crippen MR) is 73.5 cm³/mol. The minimum atomic E-state index is 0.555. The van der Waals surface area contributed by atoms with E-state index in [0.29, 0.717) is 11.2 Å². The number of hydrogen-bond donors (Lipinski definition) is 1. The molecule has 1 saturated carbocycles. The molecule has 17 heavy (non-hydrogen) atoms. The third-order valence-corrected chi connectivity index (χ3v) is 3.98. The number of anilines is 1. The number of aromatic nitrogens is 1. The van der Waals surface area contributed by atoms with Crippen LogP contribution >= 0.6 is 11.6 Å². The number of pyridine rings is 1. The largest absolute Gasteiger partial charge is 0.381 e. The molecule has 2 rings (SSSR count). The smallest absolute Gasteiger partial charge is 0.129 e. The van der Waals surface area contributed by atoms with Crippen molar-refractivity contribution in [2.45, 2.75) is 45.6 Å². The van der Waals surface area contributed by atoms with E-state index in [2.05, 4.69) is 24.1 Å². The first-order chi connectivity index (χ1) is 8.15. The molecule has 94 valence electrons. The molecule has 1 N–H and O–H groups in total. The number of halogens is 1. The van der Waals surface area contributed by atoms with Crippen molar-refractivity contribution in [3.63, 3.8) is 0 Å². The summed E-state index contributed by atoms with van der Waals surface area (Å²) in [5, 5.41) is 4.13. The molecule has 0 saturated heterocycles. The van der Waals surface area contributed by atoms with E-state index in [-0.39, 0.29) is 0 Å². The van der Waals surface area contributed by atoms with Gasteiger partial charge in [-0.25, -0.2) is 4.98 Å². The Kier molecular flexibility index (Phi) is 4.27. The van der Waals surface area contributed by atoms with Crippen molar-refractivity contribution in [1.29, 1.82) is 0 Å². The van der Waals surface area contributed by atoms with Crippen LogP contribution in [-0.2, 0) is 0 Å². The lowest BCUT2D eigenvalue weighted by molar-refractivity contribution is 0.264. The van der Waals surface area contributed by atoms with Crippen LogP contribution in [0.4, 0.5) is 5.69 Å². The summed E-state index contributed by atoms with van der Waals surface area (Å²) in [4.78, 5) is 4.10. The summed E-state index contributed by atoms with van der Waals surface area (Å²) in [7, 11) is 0. The molecule has 1 aliphatic rings. The second-order valence-electron chi connectivity index (χ2n) is 5.38. The van der Waals surface area contributed by atoms with Crippen molar-refractivity contribution < 1.29 is 0 Å². The Hall–Kier alpha value is -0.760. The second-order valence-corrected chi connectivity index (χ2v) is 5.77. The molecule has 3 heteroatoms. The summed E-state index contributed by atoms with van der Waals surface area (Å²) in [6.45, 7) is 4.66. The molecule has 1 aromatic rings. The van der Waals surface area contributed by atoms with Crippen LogP contribution in [-0.4, -0.2) is 11.0 Å². The lowest BCUT2D eigenvalue weighted by Crippen LogP contribution is -2.29. The van der Waals surface area contributed by atoms with Crippen LogP contribution in [0.1, 0.15) is 39.5 Å². The topological polar surface area (TPSA) is 24.9 Å². The maximum absolute atomic E-state index is 5.78. The number of hydrogen-bond acceptors (Lipinski definition) is 2. The van der Waals surface area contributed by atoms with E-state index >= 15 is 0 Å². The van der Waals surface area contributed by atoms with E-state index in [1.165, 1.54) is 25.7 Å². The minimum absolute atomic E-state index is 0.555. The molecule has 0 bridgehead atoms. The molecule has 1 fully saturated rings. The van der Waals surface area contributed by atoms with Gasteiger partial charge in [0.1, 0.15) is 5.15 Å². The first kappa shape index (κ1) is 12.7. The monoisotopic (exact) mass is 252 g/mol. The number of rotatable bonds is 3. The Morgan fingerprint density at radius 1 is 1.35 bits per heavy atom. The molecular formula is C14H21ClN2. The SMILES string of the molecule is CC(C)C1CCCC(Nc2ccc(Cl)nc2)C1. The molecule has 1 heterocycles. The van der Waals surface area contributed by atoms with E-state index in [0.717, 1.165) is 17.5 Å². The molecule has 1 aliphatic carbocycles. The standard InChI is InChI=1S/C14H21ClN2/c1-10(2)11-4-3-5-12(8-11)17-13-6-7-14(15)16-9-13/h6-7,9-12,17H,3-5,8H2,1-2H3. The van der Waals surface area contributed by atoms with Gasteiger partial charge in [0.05, 0.1) is 11.9 Å². The van der Waals surface area contributed by atoms with E-state index in [9.17, 15) is 0 Å².